The number of hydrogen-bond donors (Lipinski definition) is 0. The molecular weight excluding hydrogens is 310 g/mol. The maximum atomic E-state index is 12.9. The van der Waals surface area contributed by atoms with Gasteiger partial charge in [0.2, 0.25) is 0 Å². The molecule has 3 heterocycles. The van der Waals surface area contributed by atoms with Gasteiger partial charge in [0.1, 0.15) is 11.2 Å². The molecule has 0 aliphatic carbocycles. The summed E-state index contributed by atoms with van der Waals surface area (Å²) < 4.78 is 6.90. The van der Waals surface area contributed by atoms with E-state index < -0.39 is 0 Å². The standard InChI is InChI=1S/C17H17N3O2S/c1-11(2)18-14-8-4-5-9-20(14)17(21)15-12(3)23-16(19-15)13-7-6-10-22-13/h4-11H,1-3H3. The zero-order chi connectivity index (χ0) is 16.4. The van der Waals surface area contributed by atoms with Gasteiger partial charge < -0.3 is 4.42 Å². The first kappa shape index (κ1) is 15.4. The Labute approximate surface area is 138 Å². The Bertz CT molecular complexity index is 889. The minimum absolute atomic E-state index is 0.103. The molecule has 3 aromatic rings. The van der Waals surface area contributed by atoms with Gasteiger partial charge >= 0.3 is 0 Å². The van der Waals surface area contributed by atoms with Crippen LogP contribution in [0.2, 0.25) is 0 Å². The number of aryl methyl sites for hydroxylation is 1. The molecule has 0 radical (unpaired) electrons. The second-order valence-electron chi connectivity index (χ2n) is 5.36. The molecule has 0 amide bonds. The maximum absolute atomic E-state index is 12.9. The molecule has 0 aliphatic heterocycles. The van der Waals surface area contributed by atoms with Gasteiger partial charge in [-0.25, -0.2) is 4.98 Å². The lowest BCUT2D eigenvalue weighted by molar-refractivity contribution is 0.0950. The number of aromatic nitrogens is 2. The second kappa shape index (κ2) is 6.34. The Morgan fingerprint density at radius 3 is 2.83 bits per heavy atom. The zero-order valence-corrected chi connectivity index (χ0v) is 14.0. The molecule has 0 aromatic carbocycles. The normalized spacial score (nSPS) is 12.1. The highest BCUT2D eigenvalue weighted by atomic mass is 32.1. The topological polar surface area (TPSA) is 60.4 Å². The zero-order valence-electron chi connectivity index (χ0n) is 13.2. The van der Waals surface area contributed by atoms with Gasteiger partial charge in [0, 0.05) is 17.1 Å². The summed E-state index contributed by atoms with van der Waals surface area (Å²) >= 11 is 1.45. The van der Waals surface area contributed by atoms with Crippen molar-refractivity contribution in [3.63, 3.8) is 0 Å². The van der Waals surface area contributed by atoms with E-state index in [9.17, 15) is 4.79 Å². The molecule has 0 saturated carbocycles. The van der Waals surface area contributed by atoms with E-state index in [-0.39, 0.29) is 11.9 Å². The van der Waals surface area contributed by atoms with Crippen LogP contribution in [0.3, 0.4) is 0 Å². The molecule has 23 heavy (non-hydrogen) atoms. The van der Waals surface area contributed by atoms with Crippen LogP contribution >= 0.6 is 11.3 Å². The third kappa shape index (κ3) is 3.17. The number of thiazole rings is 1. The summed E-state index contributed by atoms with van der Waals surface area (Å²) in [4.78, 5) is 22.7. The molecule has 3 aromatic heterocycles. The van der Waals surface area contributed by atoms with Gasteiger partial charge in [0.15, 0.2) is 10.8 Å². The lowest BCUT2D eigenvalue weighted by Gasteiger charge is -2.05. The van der Waals surface area contributed by atoms with Crippen LogP contribution in [0.15, 0.2) is 52.2 Å². The number of carbonyl (C=O) groups excluding carboxylic acids is 1. The average Bonchev–Trinajstić information content (AvgIpc) is 3.15. The lowest BCUT2D eigenvalue weighted by Crippen LogP contribution is -2.28. The molecule has 5 nitrogen and oxygen atoms in total. The Morgan fingerprint density at radius 2 is 2.13 bits per heavy atom. The summed E-state index contributed by atoms with van der Waals surface area (Å²) in [5.41, 5.74) is 1.05. The van der Waals surface area contributed by atoms with E-state index in [4.69, 9.17) is 4.42 Å². The molecule has 118 valence electrons. The molecule has 0 N–H and O–H groups in total. The Morgan fingerprint density at radius 1 is 1.30 bits per heavy atom. The first-order valence-corrected chi connectivity index (χ1v) is 8.15. The van der Waals surface area contributed by atoms with E-state index in [1.807, 2.05) is 45.0 Å². The number of pyridine rings is 1. The van der Waals surface area contributed by atoms with Crippen LogP contribution in [-0.2, 0) is 0 Å². The van der Waals surface area contributed by atoms with Crippen LogP contribution in [0, 0.1) is 6.92 Å². The van der Waals surface area contributed by atoms with Crippen molar-refractivity contribution in [1.82, 2.24) is 9.55 Å². The first-order chi connectivity index (χ1) is 11.1. The number of furan rings is 1. The van der Waals surface area contributed by atoms with E-state index in [2.05, 4.69) is 9.98 Å². The van der Waals surface area contributed by atoms with Gasteiger partial charge in [-0.1, -0.05) is 6.07 Å². The van der Waals surface area contributed by atoms with Crippen molar-refractivity contribution in [2.45, 2.75) is 26.8 Å². The number of nitrogens with zero attached hydrogens (tertiary/aromatic N) is 3. The molecule has 3 rings (SSSR count). The van der Waals surface area contributed by atoms with Crippen molar-refractivity contribution in [3.05, 3.63) is 58.9 Å². The highest BCUT2D eigenvalue weighted by Crippen LogP contribution is 2.28. The molecule has 0 spiro atoms. The third-order valence-corrected chi connectivity index (χ3v) is 4.16. The average molecular weight is 327 g/mol. The fourth-order valence-electron chi connectivity index (χ4n) is 2.19. The summed E-state index contributed by atoms with van der Waals surface area (Å²) in [5, 5.41) is 0.703. The Balaban J connectivity index is 2.06. The van der Waals surface area contributed by atoms with E-state index in [0.717, 1.165) is 4.88 Å². The van der Waals surface area contributed by atoms with Gasteiger partial charge in [-0.15, -0.1) is 11.3 Å². The van der Waals surface area contributed by atoms with Crippen molar-refractivity contribution in [3.8, 4) is 10.8 Å². The highest BCUT2D eigenvalue weighted by Gasteiger charge is 2.19. The smallest absolute Gasteiger partial charge is 0.283 e. The van der Waals surface area contributed by atoms with E-state index >= 15 is 0 Å². The summed E-state index contributed by atoms with van der Waals surface area (Å²) in [7, 11) is 0. The van der Waals surface area contributed by atoms with Gasteiger partial charge in [-0.05, 0) is 45.0 Å². The molecular formula is C17H17N3O2S. The lowest BCUT2D eigenvalue weighted by atomic mass is 10.3. The van der Waals surface area contributed by atoms with Crippen LogP contribution < -0.4 is 5.49 Å². The number of hydrogen-bond acceptors (Lipinski definition) is 5. The van der Waals surface area contributed by atoms with E-state index in [0.29, 0.717) is 21.9 Å². The molecule has 0 saturated heterocycles. The highest BCUT2D eigenvalue weighted by molar-refractivity contribution is 7.15. The Kier molecular flexibility index (Phi) is 4.25. The third-order valence-electron chi connectivity index (χ3n) is 3.18. The molecule has 0 atom stereocenters. The van der Waals surface area contributed by atoms with Crippen LogP contribution in [0.5, 0.6) is 0 Å². The van der Waals surface area contributed by atoms with Crippen molar-refractivity contribution in [1.29, 1.82) is 0 Å². The van der Waals surface area contributed by atoms with E-state index in [1.54, 1.807) is 18.5 Å². The SMILES string of the molecule is Cc1sc(-c2ccco2)nc1C(=O)n1ccccc1=NC(C)C. The fourth-order valence-corrected chi connectivity index (χ4v) is 3.06. The molecule has 6 heteroatoms. The predicted molar refractivity (Wildman–Crippen MR) is 89.4 cm³/mol. The minimum atomic E-state index is -0.184. The minimum Gasteiger partial charge on any atom is -0.462 e. The van der Waals surface area contributed by atoms with Gasteiger partial charge in [-0.2, -0.15) is 0 Å². The first-order valence-electron chi connectivity index (χ1n) is 7.34. The van der Waals surface area contributed by atoms with Crippen molar-refractivity contribution in [2.75, 3.05) is 0 Å². The van der Waals surface area contributed by atoms with Crippen molar-refractivity contribution < 1.29 is 9.21 Å². The molecule has 0 aliphatic rings. The summed E-state index contributed by atoms with van der Waals surface area (Å²) in [6.07, 6.45) is 3.31. The van der Waals surface area contributed by atoms with Crippen LogP contribution in [0.4, 0.5) is 0 Å². The van der Waals surface area contributed by atoms with Crippen molar-refractivity contribution >= 4 is 17.2 Å². The molecule has 0 bridgehead atoms. The second-order valence-corrected chi connectivity index (χ2v) is 6.56. The van der Waals surface area contributed by atoms with E-state index in [1.165, 1.54) is 15.9 Å². The summed E-state index contributed by atoms with van der Waals surface area (Å²) in [5.74, 6) is 0.485. The fraction of sp³-hybridized carbons (Fsp3) is 0.235. The number of rotatable bonds is 3. The number of carbonyl (C=O) groups is 1. The maximum Gasteiger partial charge on any atom is 0.283 e. The van der Waals surface area contributed by atoms with Crippen LogP contribution in [-0.4, -0.2) is 21.5 Å². The summed E-state index contributed by atoms with van der Waals surface area (Å²) in [6, 6.07) is 9.25. The predicted octanol–water partition coefficient (Wildman–Crippen LogP) is 3.51. The van der Waals surface area contributed by atoms with Gasteiger partial charge in [-0.3, -0.25) is 14.4 Å². The van der Waals surface area contributed by atoms with Gasteiger partial charge in [0.05, 0.1) is 6.26 Å². The molecule has 0 fully saturated rings. The summed E-state index contributed by atoms with van der Waals surface area (Å²) in [6.45, 7) is 5.84. The largest absolute Gasteiger partial charge is 0.462 e. The van der Waals surface area contributed by atoms with Crippen LogP contribution in [0.1, 0.15) is 29.2 Å². The van der Waals surface area contributed by atoms with Gasteiger partial charge in [0.25, 0.3) is 5.91 Å². The quantitative estimate of drug-likeness (QED) is 0.739. The van der Waals surface area contributed by atoms with Crippen molar-refractivity contribution in [2.24, 2.45) is 4.99 Å². The van der Waals surface area contributed by atoms with Crippen LogP contribution in [0.25, 0.3) is 10.8 Å². The monoisotopic (exact) mass is 327 g/mol. The Hall–Kier alpha value is -2.47. The molecule has 0 unspecified atom stereocenters.